The first-order chi connectivity index (χ1) is 17.4. The number of nitrogens with one attached hydrogen (secondary N) is 3. The van der Waals surface area contributed by atoms with Crippen molar-refractivity contribution in [1.82, 2.24) is 16.0 Å². The summed E-state index contributed by atoms with van der Waals surface area (Å²) in [5, 5.41) is 34.3. The van der Waals surface area contributed by atoms with Crippen molar-refractivity contribution in [3.63, 3.8) is 0 Å². The summed E-state index contributed by atoms with van der Waals surface area (Å²) in [7, 11) is 0. The number of rotatable bonds is 17. The predicted molar refractivity (Wildman–Crippen MR) is 134 cm³/mol. The van der Waals surface area contributed by atoms with Gasteiger partial charge in [0.05, 0.1) is 12.5 Å². The topological polar surface area (TPSA) is 225 Å². The van der Waals surface area contributed by atoms with Crippen molar-refractivity contribution in [1.29, 1.82) is 0 Å². The molecule has 13 nitrogen and oxygen atoms in total. The third-order valence-corrected chi connectivity index (χ3v) is 5.80. The number of carbonyl (C=O) groups is 6. The minimum Gasteiger partial charge on any atom is -0.481 e. The van der Waals surface area contributed by atoms with Crippen molar-refractivity contribution in [2.75, 3.05) is 12.0 Å². The van der Waals surface area contributed by atoms with Crippen LogP contribution in [0.25, 0.3) is 0 Å². The number of benzene rings is 1. The second-order valence-electron chi connectivity index (χ2n) is 8.13. The van der Waals surface area contributed by atoms with Crippen LogP contribution >= 0.6 is 11.8 Å². The van der Waals surface area contributed by atoms with Gasteiger partial charge < -0.3 is 37.0 Å². The highest BCUT2D eigenvalue weighted by molar-refractivity contribution is 7.98. The summed E-state index contributed by atoms with van der Waals surface area (Å²) in [5.41, 5.74) is 6.24. The van der Waals surface area contributed by atoms with E-state index in [4.69, 9.17) is 15.9 Å². The maximum Gasteiger partial charge on any atom is 0.326 e. The molecule has 0 saturated heterocycles. The lowest BCUT2D eigenvalue weighted by Crippen LogP contribution is -2.57. The lowest BCUT2D eigenvalue weighted by atomic mass is 10.0. The fraction of sp³-hybridized carbons (Fsp3) is 0.478. The van der Waals surface area contributed by atoms with Crippen LogP contribution in [0.3, 0.4) is 0 Å². The summed E-state index contributed by atoms with van der Waals surface area (Å²) < 4.78 is 0. The van der Waals surface area contributed by atoms with Crippen LogP contribution in [0.15, 0.2) is 30.3 Å². The second-order valence-corrected chi connectivity index (χ2v) is 9.12. The zero-order valence-electron chi connectivity index (χ0n) is 20.2. The molecule has 8 N–H and O–H groups in total. The highest BCUT2D eigenvalue weighted by Crippen LogP contribution is 2.08. The monoisotopic (exact) mass is 540 g/mol. The first-order valence-electron chi connectivity index (χ1n) is 11.3. The maximum atomic E-state index is 13.1. The standard InChI is InChI=1S/C23H32N4O9S/c1-37-10-9-15(25-20(32)14(24)12-19(30)31)21(33)27-17(11-13-5-3-2-4-6-13)22(34)26-16(23(35)36)7-8-18(28)29/h2-6,14-17H,7-12,24H2,1H3,(H,25,32)(H,26,34)(H,27,33)(H,28,29)(H,30,31)(H,35,36). The molecule has 0 heterocycles. The van der Waals surface area contributed by atoms with Gasteiger partial charge >= 0.3 is 17.9 Å². The van der Waals surface area contributed by atoms with Gasteiger partial charge in [-0.2, -0.15) is 11.8 Å². The van der Waals surface area contributed by atoms with E-state index >= 15 is 0 Å². The van der Waals surface area contributed by atoms with Crippen LogP contribution in [0.1, 0.15) is 31.2 Å². The summed E-state index contributed by atoms with van der Waals surface area (Å²) in [4.78, 5) is 71.7. The van der Waals surface area contributed by atoms with E-state index in [1.165, 1.54) is 11.8 Å². The molecule has 37 heavy (non-hydrogen) atoms. The second kappa shape index (κ2) is 16.2. The van der Waals surface area contributed by atoms with Crippen LogP contribution in [0.5, 0.6) is 0 Å². The molecule has 0 saturated carbocycles. The lowest BCUT2D eigenvalue weighted by Gasteiger charge is -2.25. The Balaban J connectivity index is 3.10. The molecule has 0 aliphatic rings. The van der Waals surface area contributed by atoms with Crippen molar-refractivity contribution in [2.45, 2.75) is 56.3 Å². The van der Waals surface area contributed by atoms with Crippen LogP contribution in [0.2, 0.25) is 0 Å². The number of carbonyl (C=O) groups excluding carboxylic acids is 3. The molecule has 1 aromatic carbocycles. The summed E-state index contributed by atoms with van der Waals surface area (Å²) in [6.45, 7) is 0. The molecule has 0 fully saturated rings. The summed E-state index contributed by atoms with van der Waals surface area (Å²) in [6.07, 6.45) is 0.402. The molecule has 0 spiro atoms. The summed E-state index contributed by atoms with van der Waals surface area (Å²) in [6, 6.07) is 3.27. The van der Waals surface area contributed by atoms with E-state index in [1.54, 1.807) is 36.6 Å². The fourth-order valence-electron chi connectivity index (χ4n) is 3.19. The average Bonchev–Trinajstić information content (AvgIpc) is 2.83. The fourth-order valence-corrected chi connectivity index (χ4v) is 3.66. The minimum absolute atomic E-state index is 0.0224. The third-order valence-electron chi connectivity index (χ3n) is 5.15. The number of thioether (sulfide) groups is 1. The molecule has 4 atom stereocenters. The van der Waals surface area contributed by atoms with Gasteiger partial charge in [0.1, 0.15) is 18.1 Å². The first kappa shape index (κ1) is 31.4. The molecular weight excluding hydrogens is 508 g/mol. The van der Waals surface area contributed by atoms with E-state index in [0.29, 0.717) is 11.3 Å². The number of carboxylic acid groups (broad SMARTS) is 3. The summed E-state index contributed by atoms with van der Waals surface area (Å²) in [5.74, 6) is -5.97. The van der Waals surface area contributed by atoms with Crippen molar-refractivity contribution >= 4 is 47.4 Å². The van der Waals surface area contributed by atoms with Crippen molar-refractivity contribution in [3.8, 4) is 0 Å². The SMILES string of the molecule is CSCCC(NC(=O)C(N)CC(=O)O)C(=O)NC(Cc1ccccc1)C(=O)NC(CCC(=O)O)C(=O)O. The van der Waals surface area contributed by atoms with E-state index in [-0.39, 0.29) is 19.3 Å². The zero-order valence-corrected chi connectivity index (χ0v) is 21.0. The summed E-state index contributed by atoms with van der Waals surface area (Å²) >= 11 is 1.39. The van der Waals surface area contributed by atoms with Crippen molar-refractivity contribution in [2.24, 2.45) is 5.73 Å². The molecule has 0 aliphatic carbocycles. The van der Waals surface area contributed by atoms with Gasteiger partial charge in [-0.1, -0.05) is 30.3 Å². The molecule has 1 aromatic rings. The molecule has 0 aliphatic heterocycles. The molecular formula is C23H32N4O9S. The van der Waals surface area contributed by atoms with Gasteiger partial charge in [-0.3, -0.25) is 24.0 Å². The molecule has 0 bridgehead atoms. The van der Waals surface area contributed by atoms with Gasteiger partial charge in [0.15, 0.2) is 0 Å². The van der Waals surface area contributed by atoms with Crippen LogP contribution in [0.4, 0.5) is 0 Å². The van der Waals surface area contributed by atoms with Gasteiger partial charge in [0.25, 0.3) is 0 Å². The Morgan fingerprint density at radius 3 is 1.92 bits per heavy atom. The van der Waals surface area contributed by atoms with E-state index in [0.717, 1.165) is 0 Å². The predicted octanol–water partition coefficient (Wildman–Crippen LogP) is -0.812. The maximum absolute atomic E-state index is 13.1. The molecule has 1 rings (SSSR count). The molecule has 4 unspecified atom stereocenters. The van der Waals surface area contributed by atoms with Crippen LogP contribution in [0, 0.1) is 0 Å². The lowest BCUT2D eigenvalue weighted by molar-refractivity contribution is -0.143. The number of amides is 3. The van der Waals surface area contributed by atoms with Crippen LogP contribution in [-0.2, 0) is 35.2 Å². The average molecular weight is 541 g/mol. The largest absolute Gasteiger partial charge is 0.481 e. The molecule has 3 amide bonds. The van der Waals surface area contributed by atoms with Crippen LogP contribution in [-0.4, -0.2) is 87.1 Å². The van der Waals surface area contributed by atoms with Gasteiger partial charge in [-0.25, -0.2) is 4.79 Å². The van der Waals surface area contributed by atoms with Crippen LogP contribution < -0.4 is 21.7 Å². The van der Waals surface area contributed by atoms with Crippen molar-refractivity contribution < 1.29 is 44.1 Å². The Kier molecular flexibility index (Phi) is 13.7. The number of nitrogens with two attached hydrogens (primary N) is 1. The van der Waals surface area contributed by atoms with Gasteiger partial charge in [-0.05, 0) is 30.4 Å². The number of aliphatic carboxylic acids is 3. The van der Waals surface area contributed by atoms with Gasteiger partial charge in [-0.15, -0.1) is 0 Å². The highest BCUT2D eigenvalue weighted by atomic mass is 32.2. The first-order valence-corrected chi connectivity index (χ1v) is 12.7. The van der Waals surface area contributed by atoms with Crippen molar-refractivity contribution in [3.05, 3.63) is 35.9 Å². The third kappa shape index (κ3) is 12.2. The van der Waals surface area contributed by atoms with Gasteiger partial charge in [0, 0.05) is 12.8 Å². The van der Waals surface area contributed by atoms with E-state index in [2.05, 4.69) is 16.0 Å². The molecule has 204 valence electrons. The molecule has 14 heteroatoms. The Hall–Kier alpha value is -3.65. The van der Waals surface area contributed by atoms with Gasteiger partial charge in [0.2, 0.25) is 17.7 Å². The number of hydrogen-bond donors (Lipinski definition) is 7. The van der Waals surface area contributed by atoms with E-state index < -0.39 is 72.6 Å². The Labute approximate surface area is 217 Å². The Bertz CT molecular complexity index is 961. The highest BCUT2D eigenvalue weighted by Gasteiger charge is 2.31. The quantitative estimate of drug-likeness (QED) is 0.129. The minimum atomic E-state index is -1.50. The number of hydrogen-bond acceptors (Lipinski definition) is 8. The molecule has 0 radical (unpaired) electrons. The Morgan fingerprint density at radius 1 is 0.811 bits per heavy atom. The zero-order chi connectivity index (χ0) is 28.0. The molecule has 0 aromatic heterocycles. The smallest absolute Gasteiger partial charge is 0.326 e. The van der Waals surface area contributed by atoms with E-state index in [1.807, 2.05) is 0 Å². The Morgan fingerprint density at radius 2 is 1.38 bits per heavy atom. The number of carboxylic acids is 3. The normalized spacial score (nSPS) is 13.9. The van der Waals surface area contributed by atoms with E-state index in [9.17, 15) is 33.9 Å².